The van der Waals surface area contributed by atoms with Gasteiger partial charge in [-0.05, 0) is 89.5 Å². The summed E-state index contributed by atoms with van der Waals surface area (Å²) in [5, 5.41) is 16.2. The van der Waals surface area contributed by atoms with Gasteiger partial charge in [-0.3, -0.25) is 4.90 Å². The van der Waals surface area contributed by atoms with Gasteiger partial charge in [-0.2, -0.15) is 5.10 Å². The van der Waals surface area contributed by atoms with E-state index in [0.29, 0.717) is 6.42 Å². The Labute approximate surface area is 271 Å². The van der Waals surface area contributed by atoms with Gasteiger partial charge in [-0.15, -0.1) is 17.9 Å². The summed E-state index contributed by atoms with van der Waals surface area (Å²) in [6, 6.07) is 9.45. The van der Waals surface area contributed by atoms with Crippen molar-refractivity contribution in [3.05, 3.63) is 71.0 Å². The molecule has 10 heteroatoms. The molecule has 0 spiro atoms. The second-order valence-electron chi connectivity index (χ2n) is 13.4. The number of piperidine rings is 1. The maximum Gasteiger partial charge on any atom is 0.356 e. The lowest BCUT2D eigenvalue weighted by Crippen LogP contribution is -2.57. The Kier molecular flexibility index (Phi) is 9.86. The lowest BCUT2D eigenvalue weighted by Gasteiger charge is -2.50. The Morgan fingerprint density at radius 2 is 2.00 bits per heavy atom. The predicted molar refractivity (Wildman–Crippen MR) is 178 cm³/mol. The Morgan fingerprint density at radius 3 is 2.67 bits per heavy atom. The van der Waals surface area contributed by atoms with Crippen LogP contribution in [0.25, 0.3) is 16.8 Å². The molecule has 0 radical (unpaired) electrons. The molecule has 1 aromatic carbocycles. The number of carbonyl (C=O) groups is 1. The average Bonchev–Trinajstić information content (AvgIpc) is 3.63. The van der Waals surface area contributed by atoms with Crippen molar-refractivity contribution in [1.29, 1.82) is 0 Å². The van der Waals surface area contributed by atoms with Crippen LogP contribution in [-0.2, 0) is 20.7 Å². The van der Waals surface area contributed by atoms with Crippen LogP contribution < -0.4 is 0 Å². The molecule has 3 aromatic rings. The number of aromatic nitrogens is 3. The summed E-state index contributed by atoms with van der Waals surface area (Å²) in [5.41, 5.74) is 3.13. The van der Waals surface area contributed by atoms with Gasteiger partial charge in [0.2, 0.25) is 6.23 Å². The number of carbonyl (C=O) groups excluding carboxylic acids is 1. The van der Waals surface area contributed by atoms with E-state index in [-0.39, 0.29) is 24.1 Å². The third kappa shape index (κ3) is 7.51. The van der Waals surface area contributed by atoms with E-state index in [1.165, 1.54) is 0 Å². The molecule has 5 rings (SSSR count). The molecule has 4 heterocycles. The number of thiazole rings is 1. The summed E-state index contributed by atoms with van der Waals surface area (Å²) in [6.07, 6.45) is 9.35. The number of hydrogen-bond donors (Lipinski definition) is 1. The topological polar surface area (TPSA) is 93.0 Å². The molecule has 0 saturated carbocycles. The Balaban J connectivity index is 1.51. The van der Waals surface area contributed by atoms with Gasteiger partial charge >= 0.3 is 5.97 Å². The van der Waals surface area contributed by atoms with E-state index in [1.807, 2.05) is 74.7 Å². The van der Waals surface area contributed by atoms with Crippen LogP contribution >= 0.6 is 11.3 Å². The number of aromatic hydroxyl groups is 1. The standard InChI is InChI=1S/C35H47N5O4S/c1-8-10-15-35(7)16-18-38(19-17-35)33-39(31(32(42)43-9-2)44-34(4,5)6)24(3)20-26-22-28(37-40(26)33)30-36-23-27(45-30)21-25-13-11-12-14-29(25)41/h8,11-14,20,22-23,31,33,41H,1,9-10,15-19,21H2,2-7H3/t31-,33?/m0/s1. The van der Waals surface area contributed by atoms with Crippen molar-refractivity contribution in [2.45, 2.75) is 91.8 Å². The fraction of sp³-hybridized carbons (Fsp3) is 0.514. The summed E-state index contributed by atoms with van der Waals surface area (Å²) in [7, 11) is 0. The van der Waals surface area contributed by atoms with Crippen molar-refractivity contribution in [2.24, 2.45) is 5.41 Å². The number of fused-ring (bicyclic) bond motifs is 1. The number of benzene rings is 1. The molecule has 0 bridgehead atoms. The number of esters is 1. The van der Waals surface area contributed by atoms with Gasteiger partial charge in [0.05, 0.1) is 17.9 Å². The highest BCUT2D eigenvalue weighted by Gasteiger charge is 2.44. The molecule has 45 heavy (non-hydrogen) atoms. The van der Waals surface area contributed by atoms with Gasteiger partial charge in [0, 0.05) is 36.3 Å². The van der Waals surface area contributed by atoms with Gasteiger partial charge in [0.1, 0.15) is 16.5 Å². The molecule has 9 nitrogen and oxygen atoms in total. The van der Waals surface area contributed by atoms with Gasteiger partial charge in [0.25, 0.3) is 0 Å². The van der Waals surface area contributed by atoms with Crippen LogP contribution in [-0.4, -0.2) is 67.2 Å². The van der Waals surface area contributed by atoms with Crippen LogP contribution in [0.5, 0.6) is 5.75 Å². The van der Waals surface area contributed by atoms with Gasteiger partial charge in [0.15, 0.2) is 6.29 Å². The molecule has 0 aliphatic carbocycles. The van der Waals surface area contributed by atoms with E-state index >= 15 is 0 Å². The zero-order chi connectivity index (χ0) is 32.4. The number of phenols is 1. The zero-order valence-electron chi connectivity index (χ0n) is 27.5. The van der Waals surface area contributed by atoms with Crippen molar-refractivity contribution < 1.29 is 19.4 Å². The molecule has 2 aromatic heterocycles. The normalized spacial score (nSPS) is 19.1. The summed E-state index contributed by atoms with van der Waals surface area (Å²) in [4.78, 5) is 23.7. The SMILES string of the molecule is C=CCCC1(C)CCN(C2N([C@@H](OC(C)(C)C)C(=O)OCC)C(C)=Cc3cc(-c4ncc(Cc5ccccc5O)s4)nn32)CC1. The second kappa shape index (κ2) is 13.5. The maximum atomic E-state index is 13.5. The lowest BCUT2D eigenvalue weighted by atomic mass is 9.76. The van der Waals surface area contributed by atoms with E-state index < -0.39 is 17.8 Å². The third-order valence-corrected chi connectivity index (χ3v) is 9.63. The number of rotatable bonds is 11. The van der Waals surface area contributed by atoms with Crippen LogP contribution in [0.1, 0.15) is 89.6 Å². The number of allylic oxidation sites excluding steroid dienone is 2. The number of ether oxygens (including phenoxy) is 2. The van der Waals surface area contributed by atoms with Crippen molar-refractivity contribution >= 4 is 23.4 Å². The summed E-state index contributed by atoms with van der Waals surface area (Å²) in [5.74, 6) is -0.133. The van der Waals surface area contributed by atoms with E-state index in [4.69, 9.17) is 19.6 Å². The molecule has 2 aliphatic heterocycles. The smallest absolute Gasteiger partial charge is 0.356 e. The molecule has 1 fully saturated rings. The fourth-order valence-electron chi connectivity index (χ4n) is 6.15. The van der Waals surface area contributed by atoms with E-state index in [1.54, 1.807) is 17.4 Å². The highest BCUT2D eigenvalue weighted by atomic mass is 32.1. The predicted octanol–water partition coefficient (Wildman–Crippen LogP) is 7.21. The largest absolute Gasteiger partial charge is 0.508 e. The number of para-hydroxylation sites is 1. The fourth-order valence-corrected chi connectivity index (χ4v) is 7.04. The van der Waals surface area contributed by atoms with Crippen molar-refractivity contribution in [3.8, 4) is 16.5 Å². The maximum absolute atomic E-state index is 13.5. The highest BCUT2D eigenvalue weighted by Crippen LogP contribution is 2.42. The minimum absolute atomic E-state index is 0.236. The molecule has 2 aliphatic rings. The van der Waals surface area contributed by atoms with Crippen LogP contribution in [0, 0.1) is 5.41 Å². The average molecular weight is 634 g/mol. The third-order valence-electron chi connectivity index (χ3n) is 8.62. The minimum atomic E-state index is -0.953. The first-order valence-electron chi connectivity index (χ1n) is 15.9. The van der Waals surface area contributed by atoms with E-state index in [0.717, 1.165) is 71.3 Å². The summed E-state index contributed by atoms with van der Waals surface area (Å²) < 4.78 is 14.0. The Hall–Kier alpha value is -3.47. The quantitative estimate of drug-likeness (QED) is 0.175. The molecular weight excluding hydrogens is 586 g/mol. The Morgan fingerprint density at radius 1 is 1.27 bits per heavy atom. The summed E-state index contributed by atoms with van der Waals surface area (Å²) in [6.45, 7) is 18.0. The zero-order valence-corrected chi connectivity index (χ0v) is 28.3. The van der Waals surface area contributed by atoms with Crippen LogP contribution in [0.2, 0.25) is 0 Å². The van der Waals surface area contributed by atoms with E-state index in [9.17, 15) is 9.90 Å². The number of phenolic OH excluding ortho intramolecular Hbond substituents is 1. The minimum Gasteiger partial charge on any atom is -0.508 e. The monoisotopic (exact) mass is 633 g/mol. The first-order chi connectivity index (χ1) is 21.4. The molecular formula is C35H47N5O4S. The molecule has 0 amide bonds. The summed E-state index contributed by atoms with van der Waals surface area (Å²) >= 11 is 1.57. The molecule has 2 atom stereocenters. The first-order valence-corrected chi connectivity index (χ1v) is 16.7. The van der Waals surface area contributed by atoms with Crippen molar-refractivity contribution in [1.82, 2.24) is 24.6 Å². The van der Waals surface area contributed by atoms with Gasteiger partial charge in [-0.1, -0.05) is 31.2 Å². The highest BCUT2D eigenvalue weighted by molar-refractivity contribution is 7.15. The van der Waals surface area contributed by atoms with E-state index in [2.05, 4.69) is 30.5 Å². The molecule has 242 valence electrons. The number of hydrogen-bond acceptors (Lipinski definition) is 9. The number of nitrogens with zero attached hydrogens (tertiary/aromatic N) is 5. The number of likely N-dealkylation sites (tertiary alicyclic amines) is 1. The molecule has 1 N–H and O–H groups in total. The van der Waals surface area contributed by atoms with Crippen LogP contribution in [0.3, 0.4) is 0 Å². The van der Waals surface area contributed by atoms with Crippen molar-refractivity contribution in [3.63, 3.8) is 0 Å². The van der Waals surface area contributed by atoms with Crippen LogP contribution in [0.15, 0.2) is 54.9 Å². The van der Waals surface area contributed by atoms with Gasteiger partial charge in [-0.25, -0.2) is 14.5 Å². The molecule has 1 unspecified atom stereocenters. The lowest BCUT2D eigenvalue weighted by molar-refractivity contribution is -0.203. The van der Waals surface area contributed by atoms with Crippen molar-refractivity contribution in [2.75, 3.05) is 19.7 Å². The van der Waals surface area contributed by atoms with Gasteiger partial charge < -0.3 is 19.5 Å². The first kappa shape index (κ1) is 32.9. The van der Waals surface area contributed by atoms with Crippen LogP contribution in [0.4, 0.5) is 0 Å². The molecule has 1 saturated heterocycles. The second-order valence-corrected chi connectivity index (χ2v) is 14.5. The Bertz CT molecular complexity index is 1530.